The Bertz CT molecular complexity index is 1360. The molecule has 2 atom stereocenters. The van der Waals surface area contributed by atoms with Gasteiger partial charge in [0.05, 0.1) is 11.5 Å². The Balaban J connectivity index is 1.99. The third-order valence-corrected chi connectivity index (χ3v) is 4.45. The fraction of sp³-hybridized carbons (Fsp3) is 0.696. The first-order valence-corrected chi connectivity index (χ1v) is 9.03. The van der Waals surface area contributed by atoms with Crippen LogP contribution in [0.3, 0.4) is 0 Å². The van der Waals surface area contributed by atoms with Crippen LogP contribution in [0.5, 0.6) is 11.5 Å². The second kappa shape index (κ2) is 11.4. The van der Waals surface area contributed by atoms with Gasteiger partial charge in [-0.1, -0.05) is 38.4 Å². The molecule has 0 unspecified atom stereocenters. The molecule has 2 heterocycles. The summed E-state index contributed by atoms with van der Waals surface area (Å²) in [6, 6.07) is 1.95. The number of ether oxygens (including phenoxy) is 2. The third-order valence-electron chi connectivity index (χ3n) is 4.45. The molecule has 0 spiro atoms. The molecule has 1 aromatic carbocycles. The van der Waals surface area contributed by atoms with Gasteiger partial charge in [-0.25, -0.2) is 0 Å². The lowest BCUT2D eigenvalue weighted by Crippen LogP contribution is -2.46. The minimum Gasteiger partial charge on any atom is -0.486 e. The molecular formula is C23H36N2O4. The van der Waals surface area contributed by atoms with Crippen molar-refractivity contribution >= 4 is 5.91 Å². The number of fused-ring (bicyclic) bond motifs is 1. The van der Waals surface area contributed by atoms with Crippen molar-refractivity contribution in [2.45, 2.75) is 70.1 Å². The standard InChI is InChI=1S/C23H36N2O4/c1-2-3-4-5-6-9-22(26)24-19(17-25-12-7-8-13-25)23(27)18-10-11-20-21(16-18)29-15-14-28-20/h10-11,16,19,23,27H,2-9,12-15,17H2,1H3,(H,24,26)/t19-,23-/m1/s1/i1D3,2D2,3D2,4D2,5D2,6D2,9D2,14D2,15D2. The average Bonchev–Trinajstić information content (AvgIpc) is 3.44. The summed E-state index contributed by atoms with van der Waals surface area (Å²) < 4.78 is 160. The molecule has 2 aliphatic heterocycles. The summed E-state index contributed by atoms with van der Waals surface area (Å²) >= 11 is 0. The van der Waals surface area contributed by atoms with E-state index in [1.165, 1.54) is 6.07 Å². The summed E-state index contributed by atoms with van der Waals surface area (Å²) in [5.41, 5.74) is -0.0737. The van der Waals surface area contributed by atoms with Gasteiger partial charge in [-0.15, -0.1) is 0 Å². The zero-order valence-corrected chi connectivity index (χ0v) is 15.5. The number of amides is 1. The van der Waals surface area contributed by atoms with Crippen molar-refractivity contribution in [1.29, 1.82) is 0 Å². The van der Waals surface area contributed by atoms with Gasteiger partial charge in [0.2, 0.25) is 5.91 Å². The van der Waals surface area contributed by atoms with E-state index < -0.39 is 76.3 Å². The molecule has 6 nitrogen and oxygen atoms in total. The van der Waals surface area contributed by atoms with Gasteiger partial charge in [0.25, 0.3) is 0 Å². The van der Waals surface area contributed by atoms with Gasteiger partial charge >= 0.3 is 0 Å². The molecule has 2 aliphatic rings. The molecule has 0 bridgehead atoms. The van der Waals surface area contributed by atoms with Crippen LogP contribution in [0.1, 0.15) is 95.6 Å². The van der Waals surface area contributed by atoms with Crippen LogP contribution >= 0.6 is 0 Å². The number of carbonyl (C=O) groups excluding carboxylic acids is 1. The van der Waals surface area contributed by atoms with E-state index >= 15 is 0 Å². The fourth-order valence-corrected chi connectivity index (χ4v) is 3.11. The zero-order chi connectivity index (χ0) is 37.3. The first-order valence-electron chi connectivity index (χ1n) is 18.5. The van der Waals surface area contributed by atoms with Crippen LogP contribution in [-0.2, 0) is 4.79 Å². The third kappa shape index (κ3) is 6.61. The minimum atomic E-state index is -4.41. The normalized spacial score (nSPS) is 35.0. The highest BCUT2D eigenvalue weighted by Crippen LogP contribution is 2.33. The van der Waals surface area contributed by atoms with Crippen LogP contribution in [0.25, 0.3) is 0 Å². The molecule has 2 N–H and O–H groups in total. The predicted molar refractivity (Wildman–Crippen MR) is 113 cm³/mol. The van der Waals surface area contributed by atoms with Crippen molar-refractivity contribution < 1.29 is 45.4 Å². The Labute approximate surface area is 201 Å². The Morgan fingerprint density at radius 1 is 1.24 bits per heavy atom. The van der Waals surface area contributed by atoms with E-state index in [-0.39, 0.29) is 23.6 Å². The van der Waals surface area contributed by atoms with E-state index in [1.54, 1.807) is 4.90 Å². The maximum absolute atomic E-state index is 13.5. The minimum absolute atomic E-state index is 0.0737. The fourth-order valence-electron chi connectivity index (χ4n) is 3.11. The summed E-state index contributed by atoms with van der Waals surface area (Å²) in [6.45, 7) is -8.94. The number of nitrogens with zero attached hydrogens (tertiary/aromatic N) is 1. The maximum atomic E-state index is 13.5. The van der Waals surface area contributed by atoms with Gasteiger partial charge in [-0.2, -0.15) is 0 Å². The highest BCUT2D eigenvalue weighted by atomic mass is 16.6. The Morgan fingerprint density at radius 3 is 2.79 bits per heavy atom. The first kappa shape index (κ1) is 8.04. The largest absolute Gasteiger partial charge is 0.486 e. The molecule has 1 fully saturated rings. The summed E-state index contributed by atoms with van der Waals surface area (Å²) in [4.78, 5) is 15.2. The van der Waals surface area contributed by atoms with Gasteiger partial charge in [0.1, 0.15) is 19.2 Å². The van der Waals surface area contributed by atoms with Crippen molar-refractivity contribution in [2.24, 2.45) is 0 Å². The number of hydrogen-bond acceptors (Lipinski definition) is 5. The molecule has 3 rings (SSSR count). The molecule has 0 radical (unpaired) electrons. The van der Waals surface area contributed by atoms with Crippen LogP contribution in [-0.4, -0.2) is 54.7 Å². The van der Waals surface area contributed by atoms with E-state index in [1.807, 2.05) is 0 Å². The lowest BCUT2D eigenvalue weighted by atomic mass is 10.0. The van der Waals surface area contributed by atoms with Gasteiger partial charge in [0.15, 0.2) is 11.5 Å². The number of rotatable bonds is 11. The van der Waals surface area contributed by atoms with Crippen molar-refractivity contribution in [3.63, 3.8) is 0 Å². The lowest BCUT2D eigenvalue weighted by Gasteiger charge is -2.29. The summed E-state index contributed by atoms with van der Waals surface area (Å²) in [5.74, 6) is -2.47. The molecule has 0 aromatic heterocycles. The first-order chi connectivity index (χ1) is 21.3. The highest BCUT2D eigenvalue weighted by molar-refractivity contribution is 5.76. The quantitative estimate of drug-likeness (QED) is 0.571. The van der Waals surface area contributed by atoms with E-state index in [0.717, 1.165) is 25.0 Å². The number of nitrogens with one attached hydrogen (secondary N) is 1. The van der Waals surface area contributed by atoms with Gasteiger partial charge in [0, 0.05) is 33.5 Å². The van der Waals surface area contributed by atoms with Gasteiger partial charge in [-0.05, 0) is 50.0 Å². The van der Waals surface area contributed by atoms with Gasteiger partial charge < -0.3 is 24.8 Å². The summed E-state index contributed by atoms with van der Waals surface area (Å²) in [7, 11) is 0. The summed E-state index contributed by atoms with van der Waals surface area (Å²) in [5, 5.41) is 13.5. The Morgan fingerprint density at radius 2 is 2.00 bits per heavy atom. The van der Waals surface area contributed by atoms with Crippen molar-refractivity contribution in [3.8, 4) is 11.5 Å². The number of hydrogen-bond donors (Lipinski definition) is 2. The molecule has 1 amide bonds. The molecule has 0 aliphatic carbocycles. The lowest BCUT2D eigenvalue weighted by molar-refractivity contribution is -0.123. The SMILES string of the molecule is [2H]C([2H])([2H])C([2H])([2H])C([2H])([2H])C([2H])([2H])C([2H])([2H])C([2H])([2H])C([2H])([2H])C(=O)N[C@H](CN1CCCC1)[C@H](O)c1ccc2c(c1)OC([2H])([2H])C([2H])([2H])O2. The number of benzene rings is 1. The monoisotopic (exact) mass is 423 g/mol. The predicted octanol–water partition coefficient (Wildman–Crippen LogP) is 3.43. The topological polar surface area (TPSA) is 71.0 Å². The second-order valence-corrected chi connectivity index (χ2v) is 6.40. The second-order valence-electron chi connectivity index (χ2n) is 6.40. The van der Waals surface area contributed by atoms with Crippen LogP contribution in [0.2, 0.25) is 0 Å². The molecule has 1 aromatic rings. The van der Waals surface area contributed by atoms with Crippen LogP contribution in [0, 0.1) is 0 Å². The van der Waals surface area contributed by atoms with Crippen molar-refractivity contribution in [2.75, 3.05) is 32.8 Å². The van der Waals surface area contributed by atoms with Crippen molar-refractivity contribution in [3.05, 3.63) is 23.8 Å². The summed E-state index contributed by atoms with van der Waals surface area (Å²) in [6.07, 6.45) is -25.9. The van der Waals surface area contributed by atoms with Crippen LogP contribution in [0.15, 0.2) is 18.2 Å². The average molecular weight is 424 g/mol. The van der Waals surface area contributed by atoms with E-state index in [4.69, 9.17) is 35.5 Å². The Kier molecular flexibility index (Phi) is 3.16. The maximum Gasteiger partial charge on any atom is 0.220 e. The highest BCUT2D eigenvalue weighted by Gasteiger charge is 2.27. The number of carbonyl (C=O) groups is 1. The molecule has 29 heavy (non-hydrogen) atoms. The van der Waals surface area contributed by atoms with Gasteiger partial charge in [-0.3, -0.25) is 4.79 Å². The number of aliphatic hydroxyl groups is 1. The molecular weight excluding hydrogens is 368 g/mol. The molecule has 1 saturated heterocycles. The number of aliphatic hydroxyl groups excluding tert-OH is 1. The van der Waals surface area contributed by atoms with E-state index in [0.29, 0.717) is 13.1 Å². The zero-order valence-electron chi connectivity index (χ0n) is 34.5. The van der Waals surface area contributed by atoms with Crippen LogP contribution in [0.4, 0.5) is 0 Å². The molecule has 0 saturated carbocycles. The van der Waals surface area contributed by atoms with E-state index in [9.17, 15) is 9.90 Å². The van der Waals surface area contributed by atoms with Crippen molar-refractivity contribution in [1.82, 2.24) is 10.2 Å². The number of likely N-dealkylation sites (tertiary alicyclic amines) is 1. The Hall–Kier alpha value is -1.79. The molecule has 6 heteroatoms. The smallest absolute Gasteiger partial charge is 0.220 e. The molecule has 162 valence electrons. The van der Waals surface area contributed by atoms with Crippen LogP contribution < -0.4 is 14.8 Å². The van der Waals surface area contributed by atoms with E-state index in [2.05, 4.69) is 5.32 Å².